The minimum Gasteiger partial charge on any atom is -0.444 e. The number of hydrogen-bond donors (Lipinski definition) is 1. The molecule has 1 aromatic carbocycles. The summed E-state index contributed by atoms with van der Waals surface area (Å²) in [6.45, 7) is 5.31. The number of alkyl carbamates (subject to hydrolysis) is 1. The van der Waals surface area contributed by atoms with E-state index in [4.69, 9.17) is 4.74 Å². The Morgan fingerprint density at radius 3 is 2.35 bits per heavy atom. The standard InChI is InChI=1S/C18H20N2O3/c1-18(2,3)23-17(22)20-15(14-10-7-11-19-12-14)16(21)13-8-5-4-6-9-13/h4-12,15H,1-3H3,(H,20,22). The maximum absolute atomic E-state index is 12.7. The molecule has 0 bridgehead atoms. The van der Waals surface area contributed by atoms with E-state index in [0.29, 0.717) is 11.1 Å². The molecule has 0 aliphatic rings. The summed E-state index contributed by atoms with van der Waals surface area (Å²) >= 11 is 0. The van der Waals surface area contributed by atoms with Gasteiger partial charge in [-0.25, -0.2) is 4.79 Å². The topological polar surface area (TPSA) is 68.3 Å². The molecule has 5 heteroatoms. The van der Waals surface area contributed by atoms with Gasteiger partial charge in [-0.15, -0.1) is 0 Å². The van der Waals surface area contributed by atoms with Crippen LogP contribution in [0.1, 0.15) is 42.7 Å². The molecule has 1 amide bonds. The first-order valence-electron chi connectivity index (χ1n) is 7.35. The number of nitrogens with one attached hydrogen (secondary N) is 1. The van der Waals surface area contributed by atoms with Crippen LogP contribution in [0.4, 0.5) is 4.79 Å². The Bertz CT molecular complexity index is 664. The van der Waals surface area contributed by atoms with Crippen molar-refractivity contribution in [1.82, 2.24) is 10.3 Å². The van der Waals surface area contributed by atoms with Crippen LogP contribution in [0.5, 0.6) is 0 Å². The molecule has 0 saturated carbocycles. The third kappa shape index (κ3) is 4.92. The first-order valence-corrected chi connectivity index (χ1v) is 7.35. The van der Waals surface area contributed by atoms with Gasteiger partial charge in [0.15, 0.2) is 5.78 Å². The van der Waals surface area contributed by atoms with Crippen LogP contribution in [-0.4, -0.2) is 22.5 Å². The molecule has 0 spiro atoms. The van der Waals surface area contributed by atoms with E-state index in [2.05, 4.69) is 10.3 Å². The van der Waals surface area contributed by atoms with Gasteiger partial charge in [-0.3, -0.25) is 9.78 Å². The van der Waals surface area contributed by atoms with Gasteiger partial charge in [0.1, 0.15) is 11.6 Å². The molecule has 2 aromatic rings. The number of hydrogen-bond acceptors (Lipinski definition) is 4. The van der Waals surface area contributed by atoms with Crippen LogP contribution in [0, 0.1) is 0 Å². The molecule has 5 nitrogen and oxygen atoms in total. The summed E-state index contributed by atoms with van der Waals surface area (Å²) in [4.78, 5) is 28.8. The molecule has 0 radical (unpaired) electrons. The zero-order valence-corrected chi connectivity index (χ0v) is 13.4. The molecule has 0 aliphatic carbocycles. The van der Waals surface area contributed by atoms with Crippen LogP contribution in [0.15, 0.2) is 54.9 Å². The summed E-state index contributed by atoms with van der Waals surface area (Å²) in [6.07, 6.45) is 2.53. The van der Waals surface area contributed by atoms with Crippen molar-refractivity contribution in [2.75, 3.05) is 0 Å². The number of amides is 1. The molecule has 120 valence electrons. The van der Waals surface area contributed by atoms with E-state index >= 15 is 0 Å². The fourth-order valence-electron chi connectivity index (χ4n) is 2.04. The number of ether oxygens (including phenoxy) is 1. The lowest BCUT2D eigenvalue weighted by Gasteiger charge is -2.23. The number of Topliss-reactive ketones (excluding diaryl/α,β-unsaturated/α-hetero) is 1. The van der Waals surface area contributed by atoms with E-state index < -0.39 is 17.7 Å². The van der Waals surface area contributed by atoms with Gasteiger partial charge in [0, 0.05) is 23.5 Å². The number of carbonyl (C=O) groups excluding carboxylic acids is 2. The van der Waals surface area contributed by atoms with Crippen molar-refractivity contribution in [2.45, 2.75) is 32.4 Å². The molecular weight excluding hydrogens is 292 g/mol. The normalized spacial score (nSPS) is 12.3. The van der Waals surface area contributed by atoms with Gasteiger partial charge < -0.3 is 10.1 Å². The molecule has 0 fully saturated rings. The molecule has 1 unspecified atom stereocenters. The van der Waals surface area contributed by atoms with E-state index in [1.54, 1.807) is 69.6 Å². The predicted octanol–water partition coefficient (Wildman–Crippen LogP) is 3.53. The van der Waals surface area contributed by atoms with Crippen molar-refractivity contribution >= 4 is 11.9 Å². The molecule has 1 aromatic heterocycles. The molecule has 2 rings (SSSR count). The smallest absolute Gasteiger partial charge is 0.408 e. The summed E-state index contributed by atoms with van der Waals surface area (Å²) in [5.74, 6) is -0.218. The van der Waals surface area contributed by atoms with Crippen molar-refractivity contribution < 1.29 is 14.3 Å². The average Bonchev–Trinajstić information content (AvgIpc) is 2.52. The minimum absolute atomic E-state index is 0.218. The van der Waals surface area contributed by atoms with Crippen molar-refractivity contribution in [3.63, 3.8) is 0 Å². The van der Waals surface area contributed by atoms with Crippen LogP contribution in [0.25, 0.3) is 0 Å². The highest BCUT2D eigenvalue weighted by Crippen LogP contribution is 2.19. The summed E-state index contributed by atoms with van der Waals surface area (Å²) in [5.41, 5.74) is 0.476. The lowest BCUT2D eigenvalue weighted by Crippen LogP contribution is -2.38. The number of nitrogens with zero attached hydrogens (tertiary/aromatic N) is 1. The van der Waals surface area contributed by atoms with E-state index in [1.807, 2.05) is 6.07 Å². The van der Waals surface area contributed by atoms with Gasteiger partial charge in [0.25, 0.3) is 0 Å². The Balaban J connectivity index is 2.26. The SMILES string of the molecule is CC(C)(C)OC(=O)NC(C(=O)c1ccccc1)c1cccnc1. The Morgan fingerprint density at radius 2 is 1.78 bits per heavy atom. The van der Waals surface area contributed by atoms with Gasteiger partial charge in [-0.1, -0.05) is 36.4 Å². The number of pyridine rings is 1. The first kappa shape index (κ1) is 16.7. The predicted molar refractivity (Wildman–Crippen MR) is 87.1 cm³/mol. The fraction of sp³-hybridized carbons (Fsp3) is 0.278. The molecule has 1 atom stereocenters. The Labute approximate surface area is 135 Å². The number of rotatable bonds is 4. The summed E-state index contributed by atoms with van der Waals surface area (Å²) in [7, 11) is 0. The third-order valence-corrected chi connectivity index (χ3v) is 3.00. The molecule has 1 heterocycles. The summed E-state index contributed by atoms with van der Waals surface area (Å²) in [6, 6.07) is 11.4. The molecule has 0 saturated heterocycles. The lowest BCUT2D eigenvalue weighted by atomic mass is 9.99. The van der Waals surface area contributed by atoms with Crippen molar-refractivity contribution in [3.8, 4) is 0 Å². The molecule has 1 N–H and O–H groups in total. The van der Waals surface area contributed by atoms with Gasteiger partial charge in [-0.2, -0.15) is 0 Å². The van der Waals surface area contributed by atoms with E-state index in [0.717, 1.165) is 0 Å². The summed E-state index contributed by atoms with van der Waals surface area (Å²) in [5, 5.41) is 2.64. The van der Waals surface area contributed by atoms with Crippen LogP contribution in [0.2, 0.25) is 0 Å². The Hall–Kier alpha value is -2.69. The fourth-order valence-corrected chi connectivity index (χ4v) is 2.04. The van der Waals surface area contributed by atoms with Gasteiger partial charge in [-0.05, 0) is 26.8 Å². The quantitative estimate of drug-likeness (QED) is 0.877. The number of carbonyl (C=O) groups is 2. The maximum Gasteiger partial charge on any atom is 0.408 e. The highest BCUT2D eigenvalue weighted by Gasteiger charge is 2.26. The second-order valence-electron chi connectivity index (χ2n) is 6.10. The Kier molecular flexibility index (Phi) is 5.11. The second-order valence-corrected chi connectivity index (χ2v) is 6.10. The van der Waals surface area contributed by atoms with Crippen LogP contribution < -0.4 is 5.32 Å². The largest absolute Gasteiger partial charge is 0.444 e. The van der Waals surface area contributed by atoms with Crippen molar-refractivity contribution in [2.24, 2.45) is 0 Å². The Morgan fingerprint density at radius 1 is 1.09 bits per heavy atom. The molecular formula is C18H20N2O3. The maximum atomic E-state index is 12.7. The highest BCUT2D eigenvalue weighted by atomic mass is 16.6. The molecule has 0 aliphatic heterocycles. The van der Waals surface area contributed by atoms with Crippen LogP contribution in [-0.2, 0) is 4.74 Å². The van der Waals surface area contributed by atoms with E-state index in [-0.39, 0.29) is 5.78 Å². The van der Waals surface area contributed by atoms with E-state index in [1.165, 1.54) is 0 Å². The second kappa shape index (κ2) is 7.05. The van der Waals surface area contributed by atoms with Gasteiger partial charge in [0.05, 0.1) is 0 Å². The van der Waals surface area contributed by atoms with Gasteiger partial charge >= 0.3 is 6.09 Å². The third-order valence-electron chi connectivity index (χ3n) is 3.00. The lowest BCUT2D eigenvalue weighted by molar-refractivity contribution is 0.0490. The zero-order valence-electron chi connectivity index (χ0n) is 13.4. The molecule has 23 heavy (non-hydrogen) atoms. The van der Waals surface area contributed by atoms with Crippen LogP contribution >= 0.6 is 0 Å². The summed E-state index contributed by atoms with van der Waals surface area (Å²) < 4.78 is 5.25. The number of benzene rings is 1. The average molecular weight is 312 g/mol. The highest BCUT2D eigenvalue weighted by molar-refractivity contribution is 6.02. The van der Waals surface area contributed by atoms with Crippen LogP contribution in [0.3, 0.4) is 0 Å². The van der Waals surface area contributed by atoms with Crippen molar-refractivity contribution in [3.05, 3.63) is 66.0 Å². The van der Waals surface area contributed by atoms with Gasteiger partial charge in [0.2, 0.25) is 0 Å². The monoisotopic (exact) mass is 312 g/mol. The zero-order chi connectivity index (χ0) is 16.9. The van der Waals surface area contributed by atoms with E-state index in [9.17, 15) is 9.59 Å². The minimum atomic E-state index is -0.846. The number of aromatic nitrogens is 1. The first-order chi connectivity index (χ1) is 10.9. The number of ketones is 1. The van der Waals surface area contributed by atoms with Crippen molar-refractivity contribution in [1.29, 1.82) is 0 Å².